The molecule has 1 fully saturated rings. The zero-order chi connectivity index (χ0) is 28.2. The fourth-order valence-electron chi connectivity index (χ4n) is 6.12. The summed E-state index contributed by atoms with van der Waals surface area (Å²) >= 11 is 0. The van der Waals surface area contributed by atoms with Crippen LogP contribution in [0.1, 0.15) is 42.9 Å². The standard InChI is InChI=1S/C28H25F5N2O3S/c1-26(30,28(31,32)33)18-3-9-23-17(16-18)2-8-24-22(25(36)35-20-11-14-34-15-12-20)10-13-27(23,24)39(37,38)21-6-4-19(29)5-7-21/h3-7,9,11-12,14-16,22,24H,2,8,10,13H2,1H3,(H,34,35,36)/t22-,24-,26?,27+/m0/s1. The summed E-state index contributed by atoms with van der Waals surface area (Å²) < 4.78 is 95.8. The van der Waals surface area contributed by atoms with E-state index in [9.17, 15) is 35.2 Å². The summed E-state index contributed by atoms with van der Waals surface area (Å²) in [4.78, 5) is 17.1. The van der Waals surface area contributed by atoms with Gasteiger partial charge in [0.15, 0.2) is 9.84 Å². The van der Waals surface area contributed by atoms with Crippen molar-refractivity contribution in [3.8, 4) is 0 Å². The number of anilines is 1. The third-order valence-electron chi connectivity index (χ3n) is 8.16. The number of alkyl halides is 4. The first-order valence-electron chi connectivity index (χ1n) is 12.4. The molecule has 4 atom stereocenters. The number of aryl methyl sites for hydroxylation is 1. The third-order valence-corrected chi connectivity index (χ3v) is 10.7. The van der Waals surface area contributed by atoms with Crippen molar-refractivity contribution in [1.29, 1.82) is 0 Å². The predicted octanol–water partition coefficient (Wildman–Crippen LogP) is 6.25. The summed E-state index contributed by atoms with van der Waals surface area (Å²) in [5.74, 6) is -2.45. The number of pyridine rings is 1. The maximum atomic E-state index is 14.8. The minimum atomic E-state index is -5.17. The molecule has 0 radical (unpaired) electrons. The Morgan fingerprint density at radius 2 is 1.67 bits per heavy atom. The van der Waals surface area contributed by atoms with E-state index < -0.39 is 49.6 Å². The summed E-state index contributed by atoms with van der Waals surface area (Å²) in [5.41, 5.74) is -3.22. The van der Waals surface area contributed by atoms with E-state index in [2.05, 4.69) is 10.3 Å². The number of hydrogen-bond acceptors (Lipinski definition) is 4. The second-order valence-corrected chi connectivity index (χ2v) is 12.4. The molecule has 1 heterocycles. The molecule has 5 nitrogen and oxygen atoms in total. The SMILES string of the molecule is CC(F)(c1ccc2c(c1)CC[C@H]1[C@@H](C(=O)Nc3ccncc3)CC[C@@]21S(=O)(=O)c1ccc(F)cc1)C(F)(F)F. The number of benzene rings is 2. The fraction of sp³-hybridized carbons (Fsp3) is 0.357. The number of halogens is 5. The zero-order valence-electron chi connectivity index (χ0n) is 20.8. The van der Waals surface area contributed by atoms with Crippen molar-refractivity contribution >= 4 is 21.4 Å². The van der Waals surface area contributed by atoms with Gasteiger partial charge < -0.3 is 5.32 Å². The molecule has 1 amide bonds. The van der Waals surface area contributed by atoms with Crippen LogP contribution in [0.25, 0.3) is 0 Å². The maximum Gasteiger partial charge on any atom is 0.426 e. The number of amides is 1. The largest absolute Gasteiger partial charge is 0.426 e. The molecule has 1 unspecified atom stereocenters. The van der Waals surface area contributed by atoms with E-state index in [1.54, 1.807) is 12.1 Å². The van der Waals surface area contributed by atoms with Crippen LogP contribution in [0.3, 0.4) is 0 Å². The van der Waals surface area contributed by atoms with E-state index in [1.165, 1.54) is 18.5 Å². The van der Waals surface area contributed by atoms with E-state index in [1.807, 2.05) is 0 Å². The van der Waals surface area contributed by atoms with Gasteiger partial charge in [-0.15, -0.1) is 0 Å². The highest BCUT2D eigenvalue weighted by Gasteiger charge is 2.62. The summed E-state index contributed by atoms with van der Waals surface area (Å²) in [6.45, 7) is 0.431. The van der Waals surface area contributed by atoms with Gasteiger partial charge in [-0.2, -0.15) is 13.2 Å². The molecular weight excluding hydrogens is 539 g/mol. The monoisotopic (exact) mass is 564 g/mol. The third kappa shape index (κ3) is 4.31. The van der Waals surface area contributed by atoms with Gasteiger partial charge in [0.05, 0.1) is 4.90 Å². The second-order valence-electron chi connectivity index (χ2n) is 10.2. The van der Waals surface area contributed by atoms with Gasteiger partial charge in [-0.25, -0.2) is 17.2 Å². The number of hydrogen-bond donors (Lipinski definition) is 1. The van der Waals surface area contributed by atoms with Crippen LogP contribution >= 0.6 is 0 Å². The summed E-state index contributed by atoms with van der Waals surface area (Å²) in [5, 5.41) is 2.80. The number of rotatable bonds is 5. The summed E-state index contributed by atoms with van der Waals surface area (Å²) in [6, 6.07) is 10.8. The van der Waals surface area contributed by atoms with Crippen molar-refractivity contribution in [2.45, 2.75) is 54.1 Å². The lowest BCUT2D eigenvalue weighted by atomic mass is 9.72. The van der Waals surface area contributed by atoms with Crippen LogP contribution in [0.2, 0.25) is 0 Å². The quantitative estimate of drug-likeness (QED) is 0.294. The molecule has 0 saturated heterocycles. The van der Waals surface area contributed by atoms with Crippen molar-refractivity contribution < 1.29 is 35.2 Å². The Morgan fingerprint density at radius 1 is 1.00 bits per heavy atom. The van der Waals surface area contributed by atoms with Gasteiger partial charge in [0, 0.05) is 24.0 Å². The van der Waals surface area contributed by atoms with Gasteiger partial charge in [-0.3, -0.25) is 9.78 Å². The number of fused-ring (bicyclic) bond motifs is 3. The van der Waals surface area contributed by atoms with Gasteiger partial charge in [0.25, 0.3) is 0 Å². The highest BCUT2D eigenvalue weighted by Crippen LogP contribution is 2.59. The molecule has 0 spiro atoms. The van der Waals surface area contributed by atoms with Crippen molar-refractivity contribution in [3.63, 3.8) is 0 Å². The molecule has 2 aliphatic carbocycles. The Kier molecular flexibility index (Phi) is 6.56. The Hall–Kier alpha value is -3.34. The molecule has 0 bridgehead atoms. The first-order chi connectivity index (χ1) is 18.3. The Morgan fingerprint density at radius 3 is 2.31 bits per heavy atom. The number of carbonyl (C=O) groups is 1. The lowest BCUT2D eigenvalue weighted by molar-refractivity contribution is -0.228. The van der Waals surface area contributed by atoms with Crippen LogP contribution in [0, 0.1) is 17.7 Å². The molecular formula is C28H25F5N2O3S. The Labute approximate surface area is 222 Å². The van der Waals surface area contributed by atoms with Crippen LogP contribution in [0.4, 0.5) is 27.6 Å². The van der Waals surface area contributed by atoms with Crippen LogP contribution in [-0.2, 0) is 31.5 Å². The number of nitrogens with one attached hydrogen (secondary N) is 1. The molecule has 1 N–H and O–H groups in total. The molecule has 39 heavy (non-hydrogen) atoms. The van der Waals surface area contributed by atoms with Gasteiger partial charge in [-0.05, 0) is 91.6 Å². The molecule has 1 aromatic heterocycles. The predicted molar refractivity (Wildman–Crippen MR) is 134 cm³/mol. The zero-order valence-corrected chi connectivity index (χ0v) is 21.6. The van der Waals surface area contributed by atoms with E-state index in [0.717, 1.165) is 36.4 Å². The highest BCUT2D eigenvalue weighted by atomic mass is 32.2. The lowest BCUT2D eigenvalue weighted by Gasteiger charge is -2.42. The van der Waals surface area contributed by atoms with Crippen LogP contribution in [0.15, 0.2) is 71.9 Å². The molecule has 3 aromatic rings. The van der Waals surface area contributed by atoms with Crippen molar-refractivity contribution in [1.82, 2.24) is 4.98 Å². The van der Waals surface area contributed by atoms with Gasteiger partial charge in [0.1, 0.15) is 10.6 Å². The highest BCUT2D eigenvalue weighted by molar-refractivity contribution is 7.92. The average molecular weight is 565 g/mol. The minimum Gasteiger partial charge on any atom is -0.326 e. The average Bonchev–Trinajstić information content (AvgIpc) is 3.30. The maximum absolute atomic E-state index is 14.8. The number of carbonyl (C=O) groups excluding carboxylic acids is 1. The molecule has 2 aliphatic rings. The Balaban J connectivity index is 1.64. The minimum absolute atomic E-state index is 0.0182. The smallest absolute Gasteiger partial charge is 0.326 e. The Bertz CT molecular complexity index is 1510. The van der Waals surface area contributed by atoms with Crippen LogP contribution in [-0.4, -0.2) is 25.5 Å². The fourth-order valence-corrected chi connectivity index (χ4v) is 8.59. The molecule has 5 rings (SSSR count). The normalized spacial score (nSPS) is 24.4. The van der Waals surface area contributed by atoms with Crippen LogP contribution in [0.5, 0.6) is 0 Å². The van der Waals surface area contributed by atoms with E-state index in [-0.39, 0.29) is 47.6 Å². The molecule has 11 heteroatoms. The van der Waals surface area contributed by atoms with Crippen molar-refractivity contribution in [2.24, 2.45) is 11.8 Å². The van der Waals surface area contributed by atoms with Crippen molar-refractivity contribution in [2.75, 3.05) is 5.32 Å². The summed E-state index contributed by atoms with van der Waals surface area (Å²) in [7, 11) is -4.28. The summed E-state index contributed by atoms with van der Waals surface area (Å²) in [6.07, 6.45) is -1.60. The first kappa shape index (κ1) is 27.2. The van der Waals surface area contributed by atoms with Gasteiger partial charge in [-0.1, -0.05) is 18.2 Å². The van der Waals surface area contributed by atoms with Gasteiger partial charge in [0.2, 0.25) is 11.6 Å². The molecule has 0 aliphatic heterocycles. The number of sulfone groups is 1. The first-order valence-corrected chi connectivity index (χ1v) is 13.9. The van der Waals surface area contributed by atoms with E-state index >= 15 is 0 Å². The van der Waals surface area contributed by atoms with Crippen molar-refractivity contribution in [3.05, 3.63) is 89.5 Å². The molecule has 1 saturated carbocycles. The van der Waals surface area contributed by atoms with Crippen LogP contribution < -0.4 is 5.32 Å². The van der Waals surface area contributed by atoms with E-state index in [4.69, 9.17) is 0 Å². The second kappa shape index (κ2) is 9.39. The van der Waals surface area contributed by atoms with Gasteiger partial charge >= 0.3 is 6.18 Å². The molecule has 206 valence electrons. The molecule has 2 aromatic carbocycles. The number of aromatic nitrogens is 1. The number of nitrogens with zero attached hydrogens (tertiary/aromatic N) is 1. The van der Waals surface area contributed by atoms with E-state index in [0.29, 0.717) is 12.6 Å². The lowest BCUT2D eigenvalue weighted by Crippen LogP contribution is -2.46. The topological polar surface area (TPSA) is 76.1 Å².